The van der Waals surface area contributed by atoms with Gasteiger partial charge in [-0.3, -0.25) is 14.5 Å². The Morgan fingerprint density at radius 3 is 2.10 bits per heavy atom. The number of nitrogens with one attached hydrogen (secondary N) is 1. The second-order valence-corrected chi connectivity index (χ2v) is 7.04. The van der Waals surface area contributed by atoms with Gasteiger partial charge in [0.25, 0.3) is 5.91 Å². The summed E-state index contributed by atoms with van der Waals surface area (Å²) in [6.07, 6.45) is 1.78. The molecule has 5 nitrogen and oxygen atoms in total. The van der Waals surface area contributed by atoms with Gasteiger partial charge in [0.05, 0.1) is 5.56 Å². The summed E-state index contributed by atoms with van der Waals surface area (Å²) in [5.74, 6) is 0.217. The molecule has 1 heterocycles. The van der Waals surface area contributed by atoms with Gasteiger partial charge in [0, 0.05) is 18.8 Å². The lowest BCUT2D eigenvalue weighted by Gasteiger charge is -2.29. The van der Waals surface area contributed by atoms with Crippen molar-refractivity contribution in [3.8, 4) is 11.5 Å². The zero-order valence-electron chi connectivity index (χ0n) is 17.1. The molecule has 0 aliphatic rings. The highest BCUT2D eigenvalue weighted by atomic mass is 16.5. The first-order valence-corrected chi connectivity index (χ1v) is 9.99. The first-order valence-electron chi connectivity index (χ1n) is 9.99. The van der Waals surface area contributed by atoms with E-state index >= 15 is 0 Å². The Labute approximate surface area is 180 Å². The molecule has 1 N–H and O–H groups in total. The fourth-order valence-electron chi connectivity index (χ4n) is 3.54. The molecular formula is C26H22N2O3. The zero-order chi connectivity index (χ0) is 21.6. The van der Waals surface area contributed by atoms with Gasteiger partial charge >= 0.3 is 0 Å². The van der Waals surface area contributed by atoms with Crippen molar-refractivity contribution in [3.63, 3.8) is 0 Å². The molecule has 154 valence electrons. The topological polar surface area (TPSA) is 62.4 Å². The van der Waals surface area contributed by atoms with Gasteiger partial charge < -0.3 is 9.72 Å². The molecule has 1 aromatic heterocycles. The molecule has 0 radical (unpaired) electrons. The number of amides is 2. The minimum atomic E-state index is -0.592. The van der Waals surface area contributed by atoms with Crippen LogP contribution in [0, 0.1) is 0 Å². The first kappa shape index (κ1) is 20.2. The minimum Gasteiger partial charge on any atom is -0.457 e. The maximum atomic E-state index is 13.7. The fourth-order valence-corrected chi connectivity index (χ4v) is 3.54. The molecule has 0 aliphatic heterocycles. The normalized spacial score (nSPS) is 11.5. The summed E-state index contributed by atoms with van der Waals surface area (Å²) in [6, 6.07) is 28.8. The van der Waals surface area contributed by atoms with E-state index in [0.29, 0.717) is 17.1 Å². The van der Waals surface area contributed by atoms with E-state index in [1.165, 1.54) is 11.8 Å². The molecule has 0 saturated carbocycles. The van der Waals surface area contributed by atoms with Crippen LogP contribution in [0.3, 0.4) is 0 Å². The van der Waals surface area contributed by atoms with Crippen molar-refractivity contribution >= 4 is 11.8 Å². The van der Waals surface area contributed by atoms with Gasteiger partial charge in [0.15, 0.2) is 0 Å². The number of carbonyl (C=O) groups excluding carboxylic acids is 2. The van der Waals surface area contributed by atoms with Crippen LogP contribution in [0.25, 0.3) is 0 Å². The number of carbonyl (C=O) groups is 2. The maximum absolute atomic E-state index is 13.7. The van der Waals surface area contributed by atoms with Crippen molar-refractivity contribution in [2.45, 2.75) is 13.0 Å². The Hall–Kier alpha value is -4.12. The number of H-pyrrole nitrogens is 1. The van der Waals surface area contributed by atoms with Crippen molar-refractivity contribution in [3.05, 3.63) is 120 Å². The number of aromatic amines is 1. The van der Waals surface area contributed by atoms with Crippen molar-refractivity contribution in [2.75, 3.05) is 0 Å². The summed E-state index contributed by atoms with van der Waals surface area (Å²) < 4.78 is 5.97. The second kappa shape index (κ2) is 9.13. The van der Waals surface area contributed by atoms with Gasteiger partial charge in [-0.05, 0) is 42.0 Å². The third kappa shape index (κ3) is 4.41. The summed E-state index contributed by atoms with van der Waals surface area (Å²) in [5, 5.41) is 0. The zero-order valence-corrected chi connectivity index (χ0v) is 17.1. The molecular weight excluding hydrogens is 388 g/mol. The Kier molecular flexibility index (Phi) is 5.94. The van der Waals surface area contributed by atoms with Crippen molar-refractivity contribution in [1.82, 2.24) is 9.88 Å². The SMILES string of the molecule is CC(=O)N(C(=O)c1ccccc1Oc1ccccc1)C(c1ccccc1)c1ccc[nH]1. The van der Waals surface area contributed by atoms with Crippen molar-refractivity contribution < 1.29 is 14.3 Å². The van der Waals surface area contributed by atoms with Crippen molar-refractivity contribution in [2.24, 2.45) is 0 Å². The quantitative estimate of drug-likeness (QED) is 0.451. The smallest absolute Gasteiger partial charge is 0.265 e. The number of para-hydroxylation sites is 2. The van der Waals surface area contributed by atoms with Crippen LogP contribution < -0.4 is 4.74 Å². The third-order valence-electron chi connectivity index (χ3n) is 4.94. The summed E-state index contributed by atoms with van der Waals surface area (Å²) >= 11 is 0. The molecule has 1 unspecified atom stereocenters. The molecule has 0 bridgehead atoms. The van der Waals surface area contributed by atoms with E-state index in [0.717, 1.165) is 11.3 Å². The predicted octanol–water partition coefficient (Wildman–Crippen LogP) is 5.59. The molecule has 2 amide bonds. The highest BCUT2D eigenvalue weighted by molar-refractivity contribution is 6.06. The standard InChI is InChI=1S/C26H22N2O3/c1-19(29)28(25(23-16-10-18-27-23)20-11-4-2-5-12-20)26(30)22-15-8-9-17-24(22)31-21-13-6-3-7-14-21/h2-18,25,27H,1H3. The summed E-state index contributed by atoms with van der Waals surface area (Å²) in [4.78, 5) is 30.9. The summed E-state index contributed by atoms with van der Waals surface area (Å²) in [7, 11) is 0. The molecule has 4 rings (SSSR count). The van der Waals surface area contributed by atoms with Crippen LogP contribution in [0.5, 0.6) is 11.5 Å². The lowest BCUT2D eigenvalue weighted by Crippen LogP contribution is -2.39. The van der Waals surface area contributed by atoms with Gasteiger partial charge in [-0.2, -0.15) is 0 Å². The number of nitrogens with zero attached hydrogens (tertiary/aromatic N) is 1. The monoisotopic (exact) mass is 410 g/mol. The Morgan fingerprint density at radius 1 is 0.806 bits per heavy atom. The molecule has 1 atom stereocenters. The number of benzene rings is 3. The van der Waals surface area contributed by atoms with Crippen molar-refractivity contribution in [1.29, 1.82) is 0 Å². The van der Waals surface area contributed by atoms with Gasteiger partial charge in [-0.1, -0.05) is 60.7 Å². The number of rotatable bonds is 6. The van der Waals surface area contributed by atoms with E-state index < -0.39 is 11.9 Å². The Bertz CT molecular complexity index is 1160. The highest BCUT2D eigenvalue weighted by Crippen LogP contribution is 2.32. The average molecular weight is 410 g/mol. The van der Waals surface area contributed by atoms with E-state index in [1.54, 1.807) is 30.5 Å². The number of aromatic nitrogens is 1. The molecule has 4 aromatic rings. The van der Waals surface area contributed by atoms with Gasteiger partial charge in [0.2, 0.25) is 5.91 Å². The maximum Gasteiger partial charge on any atom is 0.265 e. The van der Waals surface area contributed by atoms with E-state index in [1.807, 2.05) is 72.8 Å². The van der Waals surface area contributed by atoms with E-state index in [-0.39, 0.29) is 5.91 Å². The van der Waals surface area contributed by atoms with Crippen LogP contribution in [-0.4, -0.2) is 21.7 Å². The largest absolute Gasteiger partial charge is 0.457 e. The van der Waals surface area contributed by atoms with E-state index in [9.17, 15) is 9.59 Å². The van der Waals surface area contributed by atoms with Crippen LogP contribution in [0.15, 0.2) is 103 Å². The first-order chi connectivity index (χ1) is 15.1. The highest BCUT2D eigenvalue weighted by Gasteiger charge is 2.33. The Balaban J connectivity index is 1.77. The number of hydrogen-bond acceptors (Lipinski definition) is 3. The predicted molar refractivity (Wildman–Crippen MR) is 119 cm³/mol. The van der Waals surface area contributed by atoms with Crippen LogP contribution in [0.1, 0.15) is 34.6 Å². The number of imide groups is 1. The van der Waals surface area contributed by atoms with Crippen LogP contribution in [0.4, 0.5) is 0 Å². The molecule has 0 aliphatic carbocycles. The van der Waals surface area contributed by atoms with E-state index in [2.05, 4.69) is 4.98 Å². The van der Waals surface area contributed by atoms with E-state index in [4.69, 9.17) is 4.74 Å². The lowest BCUT2D eigenvalue weighted by atomic mass is 10.0. The minimum absolute atomic E-state index is 0.314. The fraction of sp³-hybridized carbons (Fsp3) is 0.0769. The average Bonchev–Trinajstić information content (AvgIpc) is 3.33. The summed E-state index contributed by atoms with van der Waals surface area (Å²) in [6.45, 7) is 1.40. The second-order valence-electron chi connectivity index (χ2n) is 7.04. The summed E-state index contributed by atoms with van der Waals surface area (Å²) in [5.41, 5.74) is 1.89. The van der Waals surface area contributed by atoms with Gasteiger partial charge in [0.1, 0.15) is 17.5 Å². The number of ether oxygens (including phenoxy) is 1. The molecule has 31 heavy (non-hydrogen) atoms. The molecule has 0 fully saturated rings. The third-order valence-corrected chi connectivity index (χ3v) is 4.94. The molecule has 3 aromatic carbocycles. The van der Waals surface area contributed by atoms with Crippen LogP contribution in [0.2, 0.25) is 0 Å². The molecule has 0 saturated heterocycles. The Morgan fingerprint density at radius 2 is 1.45 bits per heavy atom. The van der Waals surface area contributed by atoms with Crippen LogP contribution >= 0.6 is 0 Å². The number of hydrogen-bond donors (Lipinski definition) is 1. The van der Waals surface area contributed by atoms with Gasteiger partial charge in [-0.25, -0.2) is 0 Å². The molecule has 0 spiro atoms. The lowest BCUT2D eigenvalue weighted by molar-refractivity contribution is -0.127. The van der Waals surface area contributed by atoms with Crippen LogP contribution in [-0.2, 0) is 4.79 Å². The van der Waals surface area contributed by atoms with Gasteiger partial charge in [-0.15, -0.1) is 0 Å². The molecule has 5 heteroatoms.